The highest BCUT2D eigenvalue weighted by Crippen LogP contribution is 2.19. The van der Waals surface area contributed by atoms with Gasteiger partial charge in [-0.3, -0.25) is 4.79 Å². The second kappa shape index (κ2) is 3.87. The van der Waals surface area contributed by atoms with Gasteiger partial charge in [0, 0.05) is 20.6 Å². The van der Waals surface area contributed by atoms with Crippen molar-refractivity contribution >= 4 is 5.91 Å². The maximum absolute atomic E-state index is 11.4. The van der Waals surface area contributed by atoms with Gasteiger partial charge in [-0.05, 0) is 12.8 Å². The summed E-state index contributed by atoms with van der Waals surface area (Å²) in [5.74, 6) is 0.0472. The summed E-state index contributed by atoms with van der Waals surface area (Å²) >= 11 is 0. The van der Waals surface area contributed by atoms with E-state index in [2.05, 4.69) is 0 Å². The molecule has 1 heterocycles. The molecule has 1 aliphatic rings. The van der Waals surface area contributed by atoms with Gasteiger partial charge in [0.1, 0.15) is 6.10 Å². The van der Waals surface area contributed by atoms with Gasteiger partial charge in [-0.1, -0.05) is 0 Å². The number of amides is 1. The second-order valence-corrected chi connectivity index (χ2v) is 3.29. The Kier molecular flexibility index (Phi) is 3.05. The maximum Gasteiger partial charge on any atom is 0.251 e. The van der Waals surface area contributed by atoms with Gasteiger partial charge in [-0.15, -0.1) is 0 Å². The molecule has 0 aromatic heterocycles. The van der Waals surface area contributed by atoms with E-state index in [1.165, 1.54) is 0 Å². The Morgan fingerprint density at radius 1 is 1.58 bits per heavy atom. The molecule has 2 N–H and O–H groups in total. The first-order valence-corrected chi connectivity index (χ1v) is 4.22. The van der Waals surface area contributed by atoms with E-state index in [4.69, 9.17) is 10.5 Å². The van der Waals surface area contributed by atoms with Gasteiger partial charge in [-0.2, -0.15) is 0 Å². The molecule has 0 aliphatic carbocycles. The number of carbonyl (C=O) groups excluding carboxylic acids is 1. The highest BCUT2D eigenvalue weighted by atomic mass is 16.5. The van der Waals surface area contributed by atoms with Crippen LogP contribution in [0.1, 0.15) is 12.8 Å². The lowest BCUT2D eigenvalue weighted by Crippen LogP contribution is -2.34. The molecule has 0 radical (unpaired) electrons. The Morgan fingerprint density at radius 2 is 2.25 bits per heavy atom. The molecule has 2 atom stereocenters. The minimum atomic E-state index is -0.256. The van der Waals surface area contributed by atoms with E-state index in [1.807, 2.05) is 0 Å². The van der Waals surface area contributed by atoms with E-state index in [1.54, 1.807) is 19.0 Å². The monoisotopic (exact) mass is 172 g/mol. The SMILES string of the molecule is CN(C)C(=O)[C@@H]1CC[C@H](CN)O1. The van der Waals surface area contributed by atoms with Crippen molar-refractivity contribution in [2.24, 2.45) is 5.73 Å². The van der Waals surface area contributed by atoms with Crippen molar-refractivity contribution in [3.05, 3.63) is 0 Å². The third kappa shape index (κ3) is 1.95. The van der Waals surface area contributed by atoms with Crippen molar-refractivity contribution in [1.29, 1.82) is 0 Å². The van der Waals surface area contributed by atoms with Crippen LogP contribution in [-0.4, -0.2) is 43.7 Å². The van der Waals surface area contributed by atoms with Crippen molar-refractivity contribution in [1.82, 2.24) is 4.90 Å². The lowest BCUT2D eigenvalue weighted by molar-refractivity contribution is -0.140. The van der Waals surface area contributed by atoms with Crippen molar-refractivity contribution < 1.29 is 9.53 Å². The fourth-order valence-corrected chi connectivity index (χ4v) is 1.35. The zero-order chi connectivity index (χ0) is 9.14. The largest absolute Gasteiger partial charge is 0.364 e. The highest BCUT2D eigenvalue weighted by Gasteiger charge is 2.30. The van der Waals surface area contributed by atoms with Crippen molar-refractivity contribution in [3.63, 3.8) is 0 Å². The number of likely N-dealkylation sites (N-methyl/N-ethyl adjacent to an activating group) is 1. The summed E-state index contributed by atoms with van der Waals surface area (Å²) in [5, 5.41) is 0. The lowest BCUT2D eigenvalue weighted by Gasteiger charge is -2.16. The molecule has 0 spiro atoms. The van der Waals surface area contributed by atoms with E-state index in [9.17, 15) is 4.79 Å². The molecule has 0 unspecified atom stereocenters. The van der Waals surface area contributed by atoms with Crippen LogP contribution in [0.2, 0.25) is 0 Å². The van der Waals surface area contributed by atoms with Crippen LogP contribution in [0.15, 0.2) is 0 Å². The predicted molar refractivity (Wildman–Crippen MR) is 45.6 cm³/mol. The van der Waals surface area contributed by atoms with Gasteiger partial charge >= 0.3 is 0 Å². The van der Waals surface area contributed by atoms with Crippen molar-refractivity contribution in [3.8, 4) is 0 Å². The minimum absolute atomic E-state index is 0.0472. The molecule has 4 nitrogen and oxygen atoms in total. The summed E-state index contributed by atoms with van der Waals surface area (Å²) in [4.78, 5) is 12.9. The molecular weight excluding hydrogens is 156 g/mol. The first-order valence-electron chi connectivity index (χ1n) is 4.22. The van der Waals surface area contributed by atoms with Gasteiger partial charge < -0.3 is 15.4 Å². The second-order valence-electron chi connectivity index (χ2n) is 3.29. The lowest BCUT2D eigenvalue weighted by atomic mass is 10.2. The Morgan fingerprint density at radius 3 is 2.67 bits per heavy atom. The zero-order valence-electron chi connectivity index (χ0n) is 7.62. The summed E-state index contributed by atoms with van der Waals surface area (Å²) < 4.78 is 5.42. The van der Waals surface area contributed by atoms with E-state index < -0.39 is 0 Å². The van der Waals surface area contributed by atoms with Gasteiger partial charge in [0.2, 0.25) is 0 Å². The average Bonchev–Trinajstić information content (AvgIpc) is 2.50. The van der Waals surface area contributed by atoms with Crippen LogP contribution < -0.4 is 5.73 Å². The van der Waals surface area contributed by atoms with Gasteiger partial charge in [0.15, 0.2) is 0 Å². The molecule has 70 valence electrons. The Balaban J connectivity index is 2.41. The molecule has 1 saturated heterocycles. The molecule has 0 aromatic carbocycles. The third-order valence-corrected chi connectivity index (χ3v) is 2.09. The number of hydrogen-bond acceptors (Lipinski definition) is 3. The predicted octanol–water partition coefficient (Wildman–Crippen LogP) is -0.419. The summed E-state index contributed by atoms with van der Waals surface area (Å²) in [5.41, 5.74) is 5.42. The first kappa shape index (κ1) is 9.48. The molecule has 4 heteroatoms. The Labute approximate surface area is 72.7 Å². The van der Waals surface area contributed by atoms with Crippen LogP contribution in [-0.2, 0) is 9.53 Å². The summed E-state index contributed by atoms with van der Waals surface area (Å²) in [7, 11) is 3.48. The van der Waals surface area contributed by atoms with Crippen molar-refractivity contribution in [2.45, 2.75) is 25.0 Å². The topological polar surface area (TPSA) is 55.6 Å². The molecule has 1 aliphatic heterocycles. The molecule has 0 bridgehead atoms. The van der Waals surface area contributed by atoms with E-state index in [0.717, 1.165) is 12.8 Å². The number of nitrogens with zero attached hydrogens (tertiary/aromatic N) is 1. The smallest absolute Gasteiger partial charge is 0.251 e. The normalized spacial score (nSPS) is 28.9. The van der Waals surface area contributed by atoms with E-state index in [-0.39, 0.29) is 18.1 Å². The average molecular weight is 172 g/mol. The number of carbonyl (C=O) groups is 1. The van der Waals surface area contributed by atoms with Gasteiger partial charge in [0.25, 0.3) is 5.91 Å². The number of nitrogens with two attached hydrogens (primary N) is 1. The number of rotatable bonds is 2. The molecule has 0 aromatic rings. The van der Waals surface area contributed by atoms with Crippen LogP contribution >= 0.6 is 0 Å². The molecule has 1 amide bonds. The van der Waals surface area contributed by atoms with Crippen molar-refractivity contribution in [2.75, 3.05) is 20.6 Å². The highest BCUT2D eigenvalue weighted by molar-refractivity contribution is 5.80. The summed E-state index contributed by atoms with van der Waals surface area (Å²) in [6.45, 7) is 0.511. The molecular formula is C8H16N2O2. The first-order chi connectivity index (χ1) is 5.65. The zero-order valence-corrected chi connectivity index (χ0v) is 7.62. The summed E-state index contributed by atoms with van der Waals surface area (Å²) in [6, 6.07) is 0. The van der Waals surface area contributed by atoms with Crippen LogP contribution in [0.3, 0.4) is 0 Å². The fraction of sp³-hybridized carbons (Fsp3) is 0.875. The minimum Gasteiger partial charge on any atom is -0.364 e. The summed E-state index contributed by atoms with van der Waals surface area (Å²) in [6.07, 6.45) is 1.53. The Bertz CT molecular complexity index is 170. The van der Waals surface area contributed by atoms with Crippen LogP contribution in [0, 0.1) is 0 Å². The third-order valence-electron chi connectivity index (χ3n) is 2.09. The van der Waals surface area contributed by atoms with Gasteiger partial charge in [0.05, 0.1) is 6.10 Å². The fourth-order valence-electron chi connectivity index (χ4n) is 1.35. The number of hydrogen-bond donors (Lipinski definition) is 1. The van der Waals surface area contributed by atoms with Crippen LogP contribution in [0.25, 0.3) is 0 Å². The maximum atomic E-state index is 11.4. The van der Waals surface area contributed by atoms with E-state index >= 15 is 0 Å². The van der Waals surface area contributed by atoms with Crippen LogP contribution in [0.4, 0.5) is 0 Å². The quantitative estimate of drug-likeness (QED) is 0.615. The van der Waals surface area contributed by atoms with Gasteiger partial charge in [-0.25, -0.2) is 0 Å². The molecule has 0 saturated carbocycles. The Hall–Kier alpha value is -0.610. The van der Waals surface area contributed by atoms with Crippen LogP contribution in [0.5, 0.6) is 0 Å². The molecule has 1 fully saturated rings. The van der Waals surface area contributed by atoms with E-state index in [0.29, 0.717) is 6.54 Å². The number of ether oxygens (including phenoxy) is 1. The standard InChI is InChI=1S/C8H16N2O2/c1-10(2)8(11)7-4-3-6(5-9)12-7/h6-7H,3-5,9H2,1-2H3/t6-,7+/m1/s1. The molecule has 1 rings (SSSR count). The molecule has 12 heavy (non-hydrogen) atoms.